The number of aliphatic carboxylic acids is 1. The van der Waals surface area contributed by atoms with Crippen molar-refractivity contribution >= 4 is 23.0 Å². The largest absolute Gasteiger partial charge is 0.481 e. The second-order valence-corrected chi connectivity index (χ2v) is 9.68. The van der Waals surface area contributed by atoms with Crippen molar-refractivity contribution in [3.05, 3.63) is 81.9 Å². The van der Waals surface area contributed by atoms with Crippen LogP contribution in [0.2, 0.25) is 0 Å². The molecule has 1 N–H and O–H groups in total. The lowest BCUT2D eigenvalue weighted by molar-refractivity contribution is -0.142. The smallest absolute Gasteiger partial charge is 0.309 e. The van der Waals surface area contributed by atoms with Gasteiger partial charge in [0.2, 0.25) is 0 Å². The number of hydrogen-bond acceptors (Lipinski definition) is 6. The molecule has 0 saturated carbocycles. The first-order chi connectivity index (χ1) is 16.4. The third-order valence-electron chi connectivity index (χ3n) is 6.45. The molecule has 0 saturated heterocycles. The van der Waals surface area contributed by atoms with Crippen LogP contribution in [0.25, 0.3) is 16.3 Å². The molecule has 34 heavy (non-hydrogen) atoms. The maximum absolute atomic E-state index is 12.2. The Kier molecular flexibility index (Phi) is 5.61. The SMILES string of the molecule is CCC(C(=O)O)[C@@H]1N=C(c2ccc(-c3ccccn3)cc2)c2c(sc(C)c2C)-n2c(C)nnc21. The quantitative estimate of drug-likeness (QED) is 0.425. The summed E-state index contributed by atoms with van der Waals surface area (Å²) in [6.45, 7) is 7.96. The molecule has 1 unspecified atom stereocenters. The van der Waals surface area contributed by atoms with E-state index in [0.29, 0.717) is 12.2 Å². The summed E-state index contributed by atoms with van der Waals surface area (Å²) in [6.07, 6.45) is 2.22. The van der Waals surface area contributed by atoms with Crippen LogP contribution in [0.4, 0.5) is 0 Å². The van der Waals surface area contributed by atoms with Gasteiger partial charge in [-0.05, 0) is 44.9 Å². The van der Waals surface area contributed by atoms with E-state index >= 15 is 0 Å². The monoisotopic (exact) mass is 471 g/mol. The first-order valence-corrected chi connectivity index (χ1v) is 12.1. The number of aryl methyl sites for hydroxylation is 2. The van der Waals surface area contributed by atoms with Crippen molar-refractivity contribution in [1.82, 2.24) is 19.7 Å². The molecule has 1 aromatic carbocycles. The Hall–Kier alpha value is -3.65. The summed E-state index contributed by atoms with van der Waals surface area (Å²) in [5.41, 5.74) is 5.79. The number of carboxylic acids is 1. The van der Waals surface area contributed by atoms with Gasteiger partial charge >= 0.3 is 5.97 Å². The first kappa shape index (κ1) is 22.2. The van der Waals surface area contributed by atoms with Crippen molar-refractivity contribution in [3.63, 3.8) is 0 Å². The molecule has 5 rings (SSSR count). The molecule has 3 aromatic heterocycles. The van der Waals surface area contributed by atoms with E-state index in [1.54, 1.807) is 17.5 Å². The van der Waals surface area contributed by atoms with E-state index in [0.717, 1.165) is 44.5 Å². The molecular formula is C26H25N5O2S. The number of rotatable bonds is 5. The van der Waals surface area contributed by atoms with Gasteiger partial charge in [0, 0.05) is 27.8 Å². The van der Waals surface area contributed by atoms with Crippen LogP contribution in [-0.2, 0) is 4.79 Å². The van der Waals surface area contributed by atoms with Gasteiger partial charge in [-0.3, -0.25) is 19.3 Å². The summed E-state index contributed by atoms with van der Waals surface area (Å²) in [6, 6.07) is 13.3. The van der Waals surface area contributed by atoms with Gasteiger partial charge in [-0.15, -0.1) is 21.5 Å². The van der Waals surface area contributed by atoms with Crippen molar-refractivity contribution in [2.24, 2.45) is 10.9 Å². The molecule has 0 bridgehead atoms. The van der Waals surface area contributed by atoms with Crippen molar-refractivity contribution in [1.29, 1.82) is 0 Å². The maximum atomic E-state index is 12.2. The highest BCUT2D eigenvalue weighted by molar-refractivity contribution is 7.15. The minimum atomic E-state index is -0.883. The van der Waals surface area contributed by atoms with Gasteiger partial charge in [0.15, 0.2) is 5.82 Å². The van der Waals surface area contributed by atoms with Crippen LogP contribution in [0.3, 0.4) is 0 Å². The fourth-order valence-electron chi connectivity index (χ4n) is 4.48. The number of carbonyl (C=O) groups is 1. The summed E-state index contributed by atoms with van der Waals surface area (Å²) in [5, 5.41) is 19.7. The van der Waals surface area contributed by atoms with Crippen molar-refractivity contribution < 1.29 is 9.90 Å². The van der Waals surface area contributed by atoms with Crippen molar-refractivity contribution in [2.75, 3.05) is 0 Å². The number of fused-ring (bicyclic) bond motifs is 3. The minimum Gasteiger partial charge on any atom is -0.481 e. The van der Waals surface area contributed by atoms with Gasteiger partial charge in [-0.25, -0.2) is 0 Å². The second-order valence-electron chi connectivity index (χ2n) is 8.47. The molecule has 0 radical (unpaired) electrons. The lowest BCUT2D eigenvalue weighted by atomic mass is 9.95. The van der Waals surface area contributed by atoms with E-state index in [9.17, 15) is 9.90 Å². The number of carboxylic acid groups (broad SMARTS) is 1. The Bertz CT molecular complexity index is 1400. The lowest BCUT2D eigenvalue weighted by Gasteiger charge is -2.18. The molecule has 1 aliphatic heterocycles. The van der Waals surface area contributed by atoms with Crippen molar-refractivity contribution in [3.8, 4) is 16.3 Å². The molecule has 0 spiro atoms. The van der Waals surface area contributed by atoms with E-state index in [1.165, 1.54) is 4.88 Å². The van der Waals surface area contributed by atoms with Crippen LogP contribution in [0, 0.1) is 26.7 Å². The number of hydrogen-bond donors (Lipinski definition) is 1. The normalized spacial score (nSPS) is 15.8. The Balaban J connectivity index is 1.73. The van der Waals surface area contributed by atoms with Crippen LogP contribution in [0.5, 0.6) is 0 Å². The Morgan fingerprint density at radius 1 is 1.09 bits per heavy atom. The Morgan fingerprint density at radius 3 is 2.47 bits per heavy atom. The molecule has 2 atom stereocenters. The van der Waals surface area contributed by atoms with E-state index < -0.39 is 17.9 Å². The topological polar surface area (TPSA) is 93.3 Å². The lowest BCUT2D eigenvalue weighted by Crippen LogP contribution is -2.23. The van der Waals surface area contributed by atoms with Gasteiger partial charge in [-0.1, -0.05) is 37.3 Å². The average molecular weight is 472 g/mol. The molecule has 1 aliphatic rings. The molecule has 4 aromatic rings. The van der Waals surface area contributed by atoms with Gasteiger partial charge in [0.05, 0.1) is 17.3 Å². The minimum absolute atomic E-state index is 0.437. The third kappa shape index (κ3) is 3.54. The van der Waals surface area contributed by atoms with E-state index in [4.69, 9.17) is 4.99 Å². The third-order valence-corrected chi connectivity index (χ3v) is 7.64. The predicted molar refractivity (Wildman–Crippen MR) is 133 cm³/mol. The second kappa shape index (κ2) is 8.61. The molecule has 0 fully saturated rings. The zero-order valence-corrected chi connectivity index (χ0v) is 20.3. The van der Waals surface area contributed by atoms with Crippen LogP contribution in [0.15, 0.2) is 53.7 Å². The summed E-state index contributed by atoms with van der Waals surface area (Å²) >= 11 is 1.66. The Morgan fingerprint density at radius 2 is 1.82 bits per heavy atom. The number of aromatic nitrogens is 4. The number of aliphatic imine (C=N–C) groups is 1. The molecular weight excluding hydrogens is 446 g/mol. The molecule has 4 heterocycles. The first-order valence-electron chi connectivity index (χ1n) is 11.3. The zero-order valence-electron chi connectivity index (χ0n) is 19.5. The van der Waals surface area contributed by atoms with E-state index in [2.05, 4.69) is 29.0 Å². The Labute approximate surface area is 201 Å². The van der Waals surface area contributed by atoms with Crippen LogP contribution in [-0.4, -0.2) is 36.5 Å². The summed E-state index contributed by atoms with van der Waals surface area (Å²) in [4.78, 5) is 22.9. The zero-order chi connectivity index (χ0) is 24.0. The maximum Gasteiger partial charge on any atom is 0.309 e. The number of thiophene rings is 1. The average Bonchev–Trinajstić information content (AvgIpc) is 3.31. The van der Waals surface area contributed by atoms with E-state index in [1.807, 2.05) is 60.9 Å². The van der Waals surface area contributed by atoms with Gasteiger partial charge in [0.1, 0.15) is 16.9 Å². The van der Waals surface area contributed by atoms with Crippen LogP contribution < -0.4 is 0 Å². The van der Waals surface area contributed by atoms with Gasteiger partial charge in [0.25, 0.3) is 0 Å². The fraction of sp³-hybridized carbons (Fsp3) is 0.269. The van der Waals surface area contributed by atoms with Gasteiger partial charge in [-0.2, -0.15) is 0 Å². The standard InChI is InChI=1S/C26H25N5O2S/c1-5-19(26(32)33)23-24-30-29-16(4)31(24)25-21(14(2)15(3)34-25)22(28-23)18-11-9-17(10-12-18)20-8-6-7-13-27-20/h6-13,19,23H,5H2,1-4H3,(H,32,33)/t19?,23-/m0/s1. The molecule has 172 valence electrons. The number of nitrogens with zero attached hydrogens (tertiary/aromatic N) is 5. The highest BCUT2D eigenvalue weighted by Crippen LogP contribution is 2.41. The fourth-order valence-corrected chi connectivity index (χ4v) is 5.70. The molecule has 0 aliphatic carbocycles. The van der Waals surface area contributed by atoms with E-state index in [-0.39, 0.29) is 0 Å². The molecule has 7 nitrogen and oxygen atoms in total. The van der Waals surface area contributed by atoms with Crippen molar-refractivity contribution in [2.45, 2.75) is 40.2 Å². The van der Waals surface area contributed by atoms with Crippen LogP contribution >= 0.6 is 11.3 Å². The van der Waals surface area contributed by atoms with Gasteiger partial charge < -0.3 is 5.11 Å². The van der Waals surface area contributed by atoms with Crippen LogP contribution in [0.1, 0.15) is 52.6 Å². The molecule has 0 amide bonds. The number of benzene rings is 1. The summed E-state index contributed by atoms with van der Waals surface area (Å²) in [5.74, 6) is -0.286. The highest BCUT2D eigenvalue weighted by atomic mass is 32.1. The highest BCUT2D eigenvalue weighted by Gasteiger charge is 2.37. The number of pyridine rings is 1. The molecule has 8 heteroatoms. The predicted octanol–water partition coefficient (Wildman–Crippen LogP) is 5.32. The summed E-state index contributed by atoms with van der Waals surface area (Å²) < 4.78 is 2.00. The summed E-state index contributed by atoms with van der Waals surface area (Å²) in [7, 11) is 0.